The maximum Gasteiger partial charge on any atom is 0.303 e. The Morgan fingerprint density at radius 1 is 0.949 bits per heavy atom. The molecule has 2 aromatic carbocycles. The van der Waals surface area contributed by atoms with E-state index in [0.29, 0.717) is 62.2 Å². The predicted molar refractivity (Wildman–Crippen MR) is 216 cm³/mol. The zero-order valence-electron chi connectivity index (χ0n) is 32.9. The summed E-state index contributed by atoms with van der Waals surface area (Å²) >= 11 is 1.17. The van der Waals surface area contributed by atoms with Crippen molar-refractivity contribution in [2.75, 3.05) is 19.0 Å². The number of rotatable bonds is 17. The highest BCUT2D eigenvalue weighted by atomic mass is 32.1. The third-order valence-electron chi connectivity index (χ3n) is 9.06. The maximum atomic E-state index is 13.6. The van der Waals surface area contributed by atoms with E-state index in [9.17, 15) is 24.0 Å². The number of imidazole rings is 1. The maximum absolute atomic E-state index is 13.6. The normalized spacial score (nSPS) is 11.8. The standard InChI is InChI=1S/C39H42N10O9S/c1-6-24-33(58-21(4)42-24)37(55)44-38-43-25-16-22(34(40)52)18-28(57-14-10-11-30(50)51)31(25)47(38)12-8-9-13-48-32-27(56-5)17-23(35(41)53)19-29(32)59-39(48)45-36(54)26-15-20(3)46-49(26)7-2/h8-9,15-19H,6-7,10-14H2,1-5H3,(H2,40,52)(H2,41,53)(H,50,51)(H,43,44,55)/b9-8+,45-39-. The van der Waals surface area contributed by atoms with Crippen LogP contribution in [0.15, 0.2) is 51.9 Å². The number of hydrogen-bond donors (Lipinski definition) is 4. The van der Waals surface area contributed by atoms with Crippen LogP contribution in [0.5, 0.6) is 11.5 Å². The number of benzene rings is 2. The van der Waals surface area contributed by atoms with Crippen LogP contribution >= 0.6 is 11.3 Å². The average molecular weight is 827 g/mol. The number of primary amides is 2. The molecule has 0 saturated heterocycles. The first-order valence-electron chi connectivity index (χ1n) is 18.5. The molecule has 4 amide bonds. The second-order valence-corrected chi connectivity index (χ2v) is 14.2. The van der Waals surface area contributed by atoms with E-state index in [0.717, 1.165) is 0 Å². The number of carbonyl (C=O) groups excluding carboxylic acids is 4. The summed E-state index contributed by atoms with van der Waals surface area (Å²) in [6.45, 7) is 7.80. The molecule has 0 saturated carbocycles. The zero-order valence-corrected chi connectivity index (χ0v) is 33.7. The highest BCUT2D eigenvalue weighted by molar-refractivity contribution is 7.16. The van der Waals surface area contributed by atoms with Crippen LogP contribution in [0.4, 0.5) is 5.95 Å². The number of anilines is 1. The molecular formula is C39H42N10O9S. The van der Waals surface area contributed by atoms with E-state index in [1.165, 1.54) is 36.6 Å². The number of aliphatic carboxylic acids is 1. The molecule has 308 valence electrons. The number of nitrogens with two attached hydrogens (primary N) is 2. The number of methoxy groups -OCH3 is 1. The molecule has 0 aliphatic rings. The van der Waals surface area contributed by atoms with Crippen molar-refractivity contribution in [2.24, 2.45) is 16.5 Å². The lowest BCUT2D eigenvalue weighted by molar-refractivity contribution is -0.137. The number of nitrogens with one attached hydrogen (secondary N) is 1. The summed E-state index contributed by atoms with van der Waals surface area (Å²) in [5, 5.41) is 16.3. The van der Waals surface area contributed by atoms with Gasteiger partial charge in [0, 0.05) is 44.1 Å². The molecule has 0 unspecified atom stereocenters. The van der Waals surface area contributed by atoms with E-state index in [4.69, 9.17) is 30.5 Å². The Morgan fingerprint density at radius 3 is 2.31 bits per heavy atom. The molecule has 0 aliphatic heterocycles. The van der Waals surface area contributed by atoms with Crippen molar-refractivity contribution < 1.29 is 43.0 Å². The minimum atomic E-state index is -0.996. The predicted octanol–water partition coefficient (Wildman–Crippen LogP) is 4.14. The zero-order chi connectivity index (χ0) is 42.5. The van der Waals surface area contributed by atoms with Crippen molar-refractivity contribution in [1.82, 2.24) is 28.9 Å². The smallest absolute Gasteiger partial charge is 0.303 e. The molecular weight excluding hydrogens is 785 g/mol. The van der Waals surface area contributed by atoms with E-state index < -0.39 is 29.6 Å². The van der Waals surface area contributed by atoms with Gasteiger partial charge in [0.15, 0.2) is 10.7 Å². The molecule has 0 atom stereocenters. The first-order valence-corrected chi connectivity index (χ1v) is 19.3. The number of oxazole rings is 1. The molecule has 0 aliphatic carbocycles. The van der Waals surface area contributed by atoms with Crippen LogP contribution in [0.1, 0.15) is 85.7 Å². The number of amides is 4. The van der Waals surface area contributed by atoms with E-state index in [1.54, 1.807) is 51.9 Å². The van der Waals surface area contributed by atoms with E-state index in [-0.39, 0.29) is 66.6 Å². The van der Waals surface area contributed by atoms with Gasteiger partial charge < -0.3 is 39.6 Å². The van der Waals surface area contributed by atoms with Gasteiger partial charge in [0.1, 0.15) is 28.2 Å². The molecule has 0 radical (unpaired) electrons. The van der Waals surface area contributed by atoms with Gasteiger partial charge in [0.2, 0.25) is 23.5 Å². The molecule has 0 bridgehead atoms. The Morgan fingerprint density at radius 2 is 1.64 bits per heavy atom. The molecule has 0 fully saturated rings. The minimum absolute atomic E-state index is 0.00565. The number of carboxylic acids is 1. The number of allylic oxidation sites excluding steroid dienone is 2. The summed E-state index contributed by atoms with van der Waals surface area (Å²) in [5.74, 6) is -2.62. The third-order valence-corrected chi connectivity index (χ3v) is 10.1. The molecule has 6 rings (SSSR count). The van der Waals surface area contributed by atoms with Crippen LogP contribution in [-0.4, -0.2) is 77.3 Å². The van der Waals surface area contributed by atoms with Gasteiger partial charge in [-0.2, -0.15) is 10.1 Å². The lowest BCUT2D eigenvalue weighted by Gasteiger charge is -2.12. The fourth-order valence-electron chi connectivity index (χ4n) is 6.39. The lowest BCUT2D eigenvalue weighted by Crippen LogP contribution is -2.18. The Bertz CT molecular complexity index is 2730. The molecule has 20 heteroatoms. The Kier molecular flexibility index (Phi) is 12.4. The van der Waals surface area contributed by atoms with Crippen LogP contribution in [0, 0.1) is 13.8 Å². The van der Waals surface area contributed by atoms with E-state index in [1.807, 2.05) is 13.8 Å². The Hall–Kier alpha value is -7.09. The molecule has 59 heavy (non-hydrogen) atoms. The van der Waals surface area contributed by atoms with Crippen LogP contribution < -0.4 is 31.1 Å². The molecule has 4 aromatic heterocycles. The third kappa shape index (κ3) is 8.91. The van der Waals surface area contributed by atoms with Crippen LogP contribution in [-0.2, 0) is 30.8 Å². The largest absolute Gasteiger partial charge is 0.494 e. The van der Waals surface area contributed by atoms with Gasteiger partial charge in [-0.25, -0.2) is 9.97 Å². The SMILES string of the molecule is CCc1nc(C)oc1C(=O)Nc1nc2cc(C(N)=O)cc(OCCCC(=O)O)c2n1C/C=C/Cn1/c(=N/C(=O)c2cc(C)nn2CC)sc2cc(C(N)=O)cc(OC)c21. The summed E-state index contributed by atoms with van der Waals surface area (Å²) in [6.07, 6.45) is 4.04. The first kappa shape index (κ1) is 41.5. The topological polar surface area (TPSA) is 267 Å². The van der Waals surface area contributed by atoms with Gasteiger partial charge >= 0.3 is 5.97 Å². The lowest BCUT2D eigenvalue weighted by atomic mass is 10.1. The monoisotopic (exact) mass is 826 g/mol. The molecule has 6 N–H and O–H groups in total. The summed E-state index contributed by atoms with van der Waals surface area (Å²) in [5.41, 5.74) is 14.2. The van der Waals surface area contributed by atoms with Crippen molar-refractivity contribution in [1.29, 1.82) is 0 Å². The van der Waals surface area contributed by atoms with Crippen molar-refractivity contribution in [3.05, 3.63) is 87.1 Å². The molecule has 4 heterocycles. The van der Waals surface area contributed by atoms with Crippen molar-refractivity contribution in [3.63, 3.8) is 0 Å². The highest BCUT2D eigenvalue weighted by Gasteiger charge is 2.24. The van der Waals surface area contributed by atoms with Crippen molar-refractivity contribution in [3.8, 4) is 11.5 Å². The minimum Gasteiger partial charge on any atom is -0.494 e. The van der Waals surface area contributed by atoms with Crippen LogP contribution in [0.2, 0.25) is 0 Å². The quantitative estimate of drug-likeness (QED) is 0.0747. The van der Waals surface area contributed by atoms with Crippen LogP contribution in [0.3, 0.4) is 0 Å². The molecule has 19 nitrogen and oxygen atoms in total. The van der Waals surface area contributed by atoms with Gasteiger partial charge in [0.05, 0.1) is 35.3 Å². The Balaban J connectivity index is 1.44. The van der Waals surface area contributed by atoms with Gasteiger partial charge in [-0.3, -0.25) is 34.0 Å². The number of ether oxygens (including phenoxy) is 2. The fraction of sp³-hybridized carbons (Fsp3) is 0.308. The van der Waals surface area contributed by atoms with Gasteiger partial charge in [0.25, 0.3) is 11.8 Å². The van der Waals surface area contributed by atoms with Crippen LogP contribution in [0.25, 0.3) is 21.3 Å². The van der Waals surface area contributed by atoms with Gasteiger partial charge in [-0.05, 0) is 57.0 Å². The summed E-state index contributed by atoms with van der Waals surface area (Å²) in [7, 11) is 1.45. The second-order valence-electron chi connectivity index (χ2n) is 13.2. The van der Waals surface area contributed by atoms with Gasteiger partial charge in [-0.1, -0.05) is 30.4 Å². The number of fused-ring (bicyclic) bond motifs is 2. The number of thiazole rings is 1. The van der Waals surface area contributed by atoms with Gasteiger partial charge in [-0.15, -0.1) is 0 Å². The number of hydrogen-bond acceptors (Lipinski definition) is 12. The molecule has 6 aromatic rings. The highest BCUT2D eigenvalue weighted by Crippen LogP contribution is 2.33. The first-order chi connectivity index (χ1) is 28.2. The second kappa shape index (κ2) is 17.6. The summed E-state index contributed by atoms with van der Waals surface area (Å²) in [6, 6.07) is 7.69. The number of nitrogens with zero attached hydrogens (tertiary/aromatic N) is 7. The summed E-state index contributed by atoms with van der Waals surface area (Å²) < 4.78 is 22.9. The fourth-order valence-corrected chi connectivity index (χ4v) is 7.49. The van der Waals surface area contributed by atoms with Crippen molar-refractivity contribution in [2.45, 2.75) is 66.6 Å². The molecule has 0 spiro atoms. The van der Waals surface area contributed by atoms with E-state index >= 15 is 0 Å². The number of carboxylic acid groups (broad SMARTS) is 1. The number of carbonyl (C=O) groups is 5. The van der Waals surface area contributed by atoms with E-state index in [2.05, 4.69) is 25.4 Å². The number of aromatic nitrogens is 6. The number of aryl methyl sites for hydroxylation is 4. The Labute approximate surface area is 339 Å². The average Bonchev–Trinajstić information content (AvgIpc) is 3.96. The summed E-state index contributed by atoms with van der Waals surface area (Å²) in [4.78, 5) is 76.7. The van der Waals surface area contributed by atoms with Crippen molar-refractivity contribution >= 4 is 68.1 Å².